The second-order valence-corrected chi connectivity index (χ2v) is 5.75. The highest BCUT2D eigenvalue weighted by molar-refractivity contribution is 5.99. The number of ketones is 1. The van der Waals surface area contributed by atoms with Crippen LogP contribution in [0.2, 0.25) is 0 Å². The fourth-order valence-electron chi connectivity index (χ4n) is 2.14. The molecular formula is C19H16F3NO4. The van der Waals surface area contributed by atoms with E-state index in [0.29, 0.717) is 11.3 Å². The molecule has 2 aromatic carbocycles. The summed E-state index contributed by atoms with van der Waals surface area (Å²) >= 11 is 0. The highest BCUT2D eigenvalue weighted by atomic mass is 19.4. The lowest BCUT2D eigenvalue weighted by Crippen LogP contribution is -2.30. The average molecular weight is 379 g/mol. The number of benzene rings is 2. The van der Waals surface area contributed by atoms with Crippen molar-refractivity contribution in [2.75, 3.05) is 5.32 Å². The van der Waals surface area contributed by atoms with Crippen molar-refractivity contribution in [3.63, 3.8) is 0 Å². The standard InChI is InChI=1S/C19H16F3NO4/c1-11(24)14-4-3-5-16(10-14)23-17(25)12(2)27-18(26)13-6-8-15(9-7-13)19(20,21)22/h3-10,12H,1-2H3,(H,23,25)/t12-/m0/s1. The summed E-state index contributed by atoms with van der Waals surface area (Å²) in [7, 11) is 0. The lowest BCUT2D eigenvalue weighted by Gasteiger charge is -2.14. The molecule has 0 aliphatic heterocycles. The first kappa shape index (κ1) is 20.2. The molecule has 1 atom stereocenters. The molecule has 0 spiro atoms. The average Bonchev–Trinajstić information content (AvgIpc) is 2.61. The molecule has 0 saturated carbocycles. The van der Waals surface area contributed by atoms with Crippen LogP contribution in [0, 0.1) is 0 Å². The summed E-state index contributed by atoms with van der Waals surface area (Å²) in [6.45, 7) is 2.71. The number of hydrogen-bond acceptors (Lipinski definition) is 4. The number of hydrogen-bond donors (Lipinski definition) is 1. The molecule has 0 bridgehead atoms. The number of rotatable bonds is 5. The molecule has 2 rings (SSSR count). The maximum atomic E-state index is 12.5. The van der Waals surface area contributed by atoms with Gasteiger partial charge in [0.05, 0.1) is 11.1 Å². The molecule has 0 saturated heterocycles. The Labute approximate surface area is 153 Å². The highest BCUT2D eigenvalue weighted by Gasteiger charge is 2.30. The molecule has 0 heterocycles. The normalized spacial score (nSPS) is 12.2. The van der Waals surface area contributed by atoms with Crippen LogP contribution >= 0.6 is 0 Å². The Kier molecular flexibility index (Phi) is 5.99. The number of anilines is 1. The van der Waals surface area contributed by atoms with Crippen LogP contribution in [0.4, 0.5) is 18.9 Å². The number of esters is 1. The van der Waals surface area contributed by atoms with Gasteiger partial charge in [-0.1, -0.05) is 12.1 Å². The number of Topliss-reactive ketones (excluding diaryl/α,β-unsaturated/α-hetero) is 1. The van der Waals surface area contributed by atoms with E-state index in [9.17, 15) is 27.6 Å². The number of carbonyl (C=O) groups is 3. The van der Waals surface area contributed by atoms with Crippen LogP contribution < -0.4 is 5.32 Å². The minimum absolute atomic E-state index is 0.110. The van der Waals surface area contributed by atoms with Gasteiger partial charge in [0.15, 0.2) is 11.9 Å². The molecule has 1 amide bonds. The largest absolute Gasteiger partial charge is 0.449 e. The zero-order valence-electron chi connectivity index (χ0n) is 14.5. The van der Waals surface area contributed by atoms with Gasteiger partial charge >= 0.3 is 12.1 Å². The van der Waals surface area contributed by atoms with E-state index < -0.39 is 29.7 Å². The van der Waals surface area contributed by atoms with E-state index in [1.165, 1.54) is 19.9 Å². The number of carbonyl (C=O) groups excluding carboxylic acids is 3. The van der Waals surface area contributed by atoms with Crippen molar-refractivity contribution < 1.29 is 32.3 Å². The topological polar surface area (TPSA) is 72.5 Å². The van der Waals surface area contributed by atoms with Crippen molar-refractivity contribution in [1.29, 1.82) is 0 Å². The highest BCUT2D eigenvalue weighted by Crippen LogP contribution is 2.29. The first-order valence-corrected chi connectivity index (χ1v) is 7.88. The molecule has 0 unspecified atom stereocenters. The molecular weight excluding hydrogens is 363 g/mol. The van der Waals surface area contributed by atoms with Crippen LogP contribution in [0.15, 0.2) is 48.5 Å². The van der Waals surface area contributed by atoms with E-state index in [4.69, 9.17) is 4.74 Å². The Balaban J connectivity index is 2.00. The van der Waals surface area contributed by atoms with Gasteiger partial charge in [0.1, 0.15) is 0 Å². The van der Waals surface area contributed by atoms with Gasteiger partial charge in [-0.2, -0.15) is 13.2 Å². The van der Waals surface area contributed by atoms with E-state index in [1.807, 2.05) is 0 Å². The Morgan fingerprint density at radius 1 is 1.00 bits per heavy atom. The molecule has 8 heteroatoms. The van der Waals surface area contributed by atoms with Gasteiger partial charge < -0.3 is 10.1 Å². The quantitative estimate of drug-likeness (QED) is 0.627. The van der Waals surface area contributed by atoms with Gasteiger partial charge in [0.25, 0.3) is 5.91 Å². The predicted molar refractivity (Wildman–Crippen MR) is 91.4 cm³/mol. The molecule has 2 aromatic rings. The molecule has 0 fully saturated rings. The van der Waals surface area contributed by atoms with E-state index in [0.717, 1.165) is 24.3 Å². The molecule has 5 nitrogen and oxygen atoms in total. The van der Waals surface area contributed by atoms with Gasteiger partial charge in [-0.25, -0.2) is 4.79 Å². The van der Waals surface area contributed by atoms with Gasteiger partial charge in [-0.15, -0.1) is 0 Å². The van der Waals surface area contributed by atoms with Crippen molar-refractivity contribution in [3.8, 4) is 0 Å². The lowest BCUT2D eigenvalue weighted by molar-refractivity contribution is -0.137. The molecule has 1 N–H and O–H groups in total. The summed E-state index contributed by atoms with van der Waals surface area (Å²) in [5, 5.41) is 2.51. The second kappa shape index (κ2) is 8.03. The summed E-state index contributed by atoms with van der Waals surface area (Å²) in [5.41, 5.74) is -0.247. The SMILES string of the molecule is CC(=O)c1cccc(NC(=O)[C@H](C)OC(=O)c2ccc(C(F)(F)F)cc2)c1. The van der Waals surface area contributed by atoms with Crippen molar-refractivity contribution in [3.05, 3.63) is 65.2 Å². The van der Waals surface area contributed by atoms with Gasteiger partial charge in [0, 0.05) is 11.3 Å². The Morgan fingerprint density at radius 2 is 1.63 bits per heavy atom. The van der Waals surface area contributed by atoms with E-state index >= 15 is 0 Å². The minimum atomic E-state index is -4.51. The third-order valence-electron chi connectivity index (χ3n) is 3.64. The molecule has 27 heavy (non-hydrogen) atoms. The molecule has 0 aromatic heterocycles. The Morgan fingerprint density at radius 3 is 2.19 bits per heavy atom. The maximum Gasteiger partial charge on any atom is 0.416 e. The molecule has 0 aliphatic carbocycles. The summed E-state index contributed by atoms with van der Waals surface area (Å²) in [6, 6.07) is 9.69. The smallest absolute Gasteiger partial charge is 0.416 e. The molecule has 142 valence electrons. The summed E-state index contributed by atoms with van der Waals surface area (Å²) in [6.07, 6.45) is -5.70. The fourth-order valence-corrected chi connectivity index (χ4v) is 2.14. The van der Waals surface area contributed by atoms with Crippen LogP contribution in [-0.4, -0.2) is 23.8 Å². The van der Waals surface area contributed by atoms with Crippen LogP contribution in [0.25, 0.3) is 0 Å². The zero-order chi connectivity index (χ0) is 20.2. The van der Waals surface area contributed by atoms with E-state index in [1.54, 1.807) is 18.2 Å². The van der Waals surface area contributed by atoms with Crippen LogP contribution in [0.5, 0.6) is 0 Å². The third kappa shape index (κ3) is 5.40. The predicted octanol–water partition coefficient (Wildman–Crippen LogP) is 4.09. The maximum absolute atomic E-state index is 12.5. The van der Waals surface area contributed by atoms with Crippen molar-refractivity contribution in [2.45, 2.75) is 26.1 Å². The Hall–Kier alpha value is -3.16. The third-order valence-corrected chi connectivity index (χ3v) is 3.64. The van der Waals surface area contributed by atoms with Gasteiger partial charge in [-0.3, -0.25) is 9.59 Å². The number of halogens is 3. The van der Waals surface area contributed by atoms with Crippen LogP contribution in [0.1, 0.15) is 40.1 Å². The van der Waals surface area contributed by atoms with Gasteiger partial charge in [-0.05, 0) is 50.2 Å². The molecule has 0 aliphatic rings. The fraction of sp³-hybridized carbons (Fsp3) is 0.211. The first-order chi connectivity index (χ1) is 12.6. The summed E-state index contributed by atoms with van der Waals surface area (Å²) in [4.78, 5) is 35.5. The molecule has 0 radical (unpaired) electrons. The zero-order valence-corrected chi connectivity index (χ0v) is 14.5. The minimum Gasteiger partial charge on any atom is -0.449 e. The number of amides is 1. The van der Waals surface area contributed by atoms with E-state index in [2.05, 4.69) is 5.32 Å². The van der Waals surface area contributed by atoms with Crippen LogP contribution in [-0.2, 0) is 15.7 Å². The second-order valence-electron chi connectivity index (χ2n) is 5.75. The summed E-state index contributed by atoms with van der Waals surface area (Å²) < 4.78 is 42.6. The Bertz CT molecular complexity index is 860. The van der Waals surface area contributed by atoms with E-state index in [-0.39, 0.29) is 11.3 Å². The summed E-state index contributed by atoms with van der Waals surface area (Å²) in [5.74, 6) is -1.74. The van der Waals surface area contributed by atoms with Crippen molar-refractivity contribution in [2.24, 2.45) is 0 Å². The number of ether oxygens (including phenoxy) is 1. The van der Waals surface area contributed by atoms with Crippen molar-refractivity contribution >= 4 is 23.3 Å². The van der Waals surface area contributed by atoms with Gasteiger partial charge in [0.2, 0.25) is 0 Å². The lowest BCUT2D eigenvalue weighted by atomic mass is 10.1. The van der Waals surface area contributed by atoms with Crippen molar-refractivity contribution in [1.82, 2.24) is 0 Å². The monoisotopic (exact) mass is 379 g/mol. The number of nitrogens with one attached hydrogen (secondary N) is 1. The van der Waals surface area contributed by atoms with Crippen LogP contribution in [0.3, 0.4) is 0 Å². The first-order valence-electron chi connectivity index (χ1n) is 7.88. The number of alkyl halides is 3.